The highest BCUT2D eigenvalue weighted by Gasteiger charge is 1.98. The summed E-state index contributed by atoms with van der Waals surface area (Å²) in [5.41, 5.74) is 2.09. The van der Waals surface area contributed by atoms with E-state index >= 15 is 0 Å². The van der Waals surface area contributed by atoms with E-state index in [0.29, 0.717) is 5.15 Å². The van der Waals surface area contributed by atoms with Crippen LogP contribution in [0.4, 0.5) is 0 Å². The van der Waals surface area contributed by atoms with Crippen molar-refractivity contribution in [2.45, 2.75) is 6.92 Å². The van der Waals surface area contributed by atoms with Crippen molar-refractivity contribution in [3.63, 3.8) is 0 Å². The molecule has 0 N–H and O–H groups in total. The molecule has 0 radical (unpaired) electrons. The van der Waals surface area contributed by atoms with Gasteiger partial charge in [-0.3, -0.25) is 0 Å². The molecule has 0 saturated carbocycles. The third-order valence-electron chi connectivity index (χ3n) is 1.64. The smallest absolute Gasteiger partial charge is 0.152 e. The van der Waals surface area contributed by atoms with E-state index in [9.17, 15) is 0 Å². The molecule has 0 unspecified atom stereocenters. The third kappa shape index (κ3) is 0.994. The van der Waals surface area contributed by atoms with Crippen LogP contribution in [0.5, 0.6) is 0 Å². The van der Waals surface area contributed by atoms with Crippen LogP contribution in [0.3, 0.4) is 0 Å². The molecule has 0 amide bonds. The molecule has 2 aromatic heterocycles. The second-order valence-electron chi connectivity index (χ2n) is 2.50. The van der Waals surface area contributed by atoms with Gasteiger partial charge in [-0.05, 0) is 30.7 Å². The summed E-state index contributed by atoms with van der Waals surface area (Å²) in [5.74, 6) is 0. The van der Waals surface area contributed by atoms with Crippen molar-refractivity contribution in [2.24, 2.45) is 0 Å². The Bertz CT molecular complexity index is 356. The lowest BCUT2D eigenvalue weighted by Gasteiger charge is -1.97. The average Bonchev–Trinajstić information content (AvgIpc) is 2.36. The number of aromatic nitrogens is 2. The minimum absolute atomic E-state index is 0.564. The van der Waals surface area contributed by atoms with E-state index in [2.05, 4.69) is 5.10 Å². The van der Waals surface area contributed by atoms with Crippen LogP contribution in [0.1, 0.15) is 5.56 Å². The van der Waals surface area contributed by atoms with E-state index < -0.39 is 0 Å². The summed E-state index contributed by atoms with van der Waals surface area (Å²) in [6.07, 6.45) is 1.88. The maximum atomic E-state index is 5.81. The minimum atomic E-state index is 0.564. The van der Waals surface area contributed by atoms with Crippen LogP contribution < -0.4 is 0 Å². The number of hydrogen-bond acceptors (Lipinski definition) is 1. The lowest BCUT2D eigenvalue weighted by Crippen LogP contribution is -1.91. The fourth-order valence-electron chi connectivity index (χ4n) is 1.05. The third-order valence-corrected chi connectivity index (χ3v) is 2.02. The lowest BCUT2D eigenvalue weighted by atomic mass is 10.3. The molecule has 0 spiro atoms. The van der Waals surface area contributed by atoms with Gasteiger partial charge in [-0.25, -0.2) is 4.52 Å². The molecule has 3 heteroatoms. The van der Waals surface area contributed by atoms with Gasteiger partial charge in [-0.1, -0.05) is 11.6 Å². The zero-order valence-electron chi connectivity index (χ0n) is 6.08. The van der Waals surface area contributed by atoms with Gasteiger partial charge in [-0.2, -0.15) is 5.10 Å². The second kappa shape index (κ2) is 2.24. The molecule has 11 heavy (non-hydrogen) atoms. The Morgan fingerprint density at radius 2 is 2.36 bits per heavy atom. The standard InChI is InChI=1S/C8H7ClN2/c1-6-5-7-3-2-4-11(7)10-8(6)9/h2-5H,1H3. The second-order valence-corrected chi connectivity index (χ2v) is 2.85. The van der Waals surface area contributed by atoms with Crippen molar-refractivity contribution in [1.82, 2.24) is 9.61 Å². The number of nitrogens with zero attached hydrogens (tertiary/aromatic N) is 2. The van der Waals surface area contributed by atoms with Gasteiger partial charge in [0.15, 0.2) is 5.15 Å². The van der Waals surface area contributed by atoms with Crippen LogP contribution in [0.2, 0.25) is 5.15 Å². The first-order chi connectivity index (χ1) is 5.27. The van der Waals surface area contributed by atoms with Crippen LogP contribution in [-0.2, 0) is 0 Å². The van der Waals surface area contributed by atoms with Crippen LogP contribution in [0.15, 0.2) is 24.4 Å². The van der Waals surface area contributed by atoms with Gasteiger partial charge in [0.05, 0.1) is 5.52 Å². The topological polar surface area (TPSA) is 17.3 Å². The van der Waals surface area contributed by atoms with Gasteiger partial charge in [0.1, 0.15) is 0 Å². The molecule has 0 bridgehead atoms. The molecule has 2 heterocycles. The molecule has 2 rings (SSSR count). The van der Waals surface area contributed by atoms with Crippen LogP contribution in [0.25, 0.3) is 5.52 Å². The van der Waals surface area contributed by atoms with E-state index in [4.69, 9.17) is 11.6 Å². The van der Waals surface area contributed by atoms with Gasteiger partial charge in [0.25, 0.3) is 0 Å². The number of hydrogen-bond donors (Lipinski definition) is 0. The van der Waals surface area contributed by atoms with Crippen molar-refractivity contribution in [3.8, 4) is 0 Å². The van der Waals surface area contributed by atoms with Crippen molar-refractivity contribution in [3.05, 3.63) is 35.1 Å². The van der Waals surface area contributed by atoms with E-state index in [0.717, 1.165) is 11.1 Å². The first-order valence-corrected chi connectivity index (χ1v) is 3.76. The van der Waals surface area contributed by atoms with Gasteiger partial charge < -0.3 is 0 Å². The number of halogens is 1. The molecule has 0 aliphatic rings. The fourth-order valence-corrected chi connectivity index (χ4v) is 1.18. The summed E-state index contributed by atoms with van der Waals surface area (Å²) in [6.45, 7) is 1.95. The lowest BCUT2D eigenvalue weighted by molar-refractivity contribution is 0.933. The first kappa shape index (κ1) is 6.68. The van der Waals surface area contributed by atoms with Crippen molar-refractivity contribution < 1.29 is 0 Å². The molecule has 2 nitrogen and oxygen atoms in total. The Labute approximate surface area is 69.4 Å². The van der Waals surface area contributed by atoms with Gasteiger partial charge in [0, 0.05) is 6.20 Å². The molecular formula is C8H7ClN2. The Morgan fingerprint density at radius 3 is 3.18 bits per heavy atom. The average molecular weight is 167 g/mol. The number of aryl methyl sites for hydroxylation is 1. The van der Waals surface area contributed by atoms with Gasteiger partial charge >= 0.3 is 0 Å². The number of fused-ring (bicyclic) bond motifs is 1. The first-order valence-electron chi connectivity index (χ1n) is 3.38. The molecule has 0 atom stereocenters. The molecular weight excluding hydrogens is 160 g/mol. The Balaban J connectivity index is 2.86. The fraction of sp³-hybridized carbons (Fsp3) is 0.125. The molecule has 2 aromatic rings. The summed E-state index contributed by atoms with van der Waals surface area (Å²) < 4.78 is 1.76. The molecule has 0 aliphatic heterocycles. The summed E-state index contributed by atoms with van der Waals surface area (Å²) >= 11 is 5.81. The van der Waals surface area contributed by atoms with Crippen LogP contribution in [-0.4, -0.2) is 9.61 Å². The molecule has 56 valence electrons. The summed E-state index contributed by atoms with van der Waals surface area (Å²) in [4.78, 5) is 0. The maximum absolute atomic E-state index is 5.81. The molecule has 0 saturated heterocycles. The zero-order chi connectivity index (χ0) is 7.84. The van der Waals surface area contributed by atoms with Crippen molar-refractivity contribution in [2.75, 3.05) is 0 Å². The Kier molecular flexibility index (Phi) is 1.36. The van der Waals surface area contributed by atoms with E-state index in [1.807, 2.05) is 31.3 Å². The Hall–Kier alpha value is -1.02. The highest BCUT2D eigenvalue weighted by atomic mass is 35.5. The maximum Gasteiger partial charge on any atom is 0.152 e. The predicted octanol–water partition coefficient (Wildman–Crippen LogP) is 2.30. The van der Waals surface area contributed by atoms with Crippen molar-refractivity contribution >= 4 is 17.1 Å². The quantitative estimate of drug-likeness (QED) is 0.587. The van der Waals surface area contributed by atoms with Gasteiger partial charge in [0.2, 0.25) is 0 Å². The molecule has 0 fully saturated rings. The highest BCUT2D eigenvalue weighted by Crippen LogP contribution is 2.13. The van der Waals surface area contributed by atoms with Crippen molar-refractivity contribution in [1.29, 1.82) is 0 Å². The largest absolute Gasteiger partial charge is 0.240 e. The van der Waals surface area contributed by atoms with Crippen LogP contribution >= 0.6 is 11.6 Å². The predicted molar refractivity (Wildman–Crippen MR) is 44.9 cm³/mol. The monoisotopic (exact) mass is 166 g/mol. The number of rotatable bonds is 0. The normalized spacial score (nSPS) is 10.7. The van der Waals surface area contributed by atoms with E-state index in [1.54, 1.807) is 4.52 Å². The summed E-state index contributed by atoms with van der Waals surface area (Å²) in [6, 6.07) is 5.95. The highest BCUT2D eigenvalue weighted by molar-refractivity contribution is 6.30. The SMILES string of the molecule is Cc1cc2cccn2nc1Cl. The summed E-state index contributed by atoms with van der Waals surface area (Å²) in [7, 11) is 0. The molecule has 0 aromatic carbocycles. The molecule has 0 aliphatic carbocycles. The summed E-state index contributed by atoms with van der Waals surface area (Å²) in [5, 5.41) is 4.68. The Morgan fingerprint density at radius 1 is 1.55 bits per heavy atom. The van der Waals surface area contributed by atoms with Crippen LogP contribution in [0, 0.1) is 6.92 Å². The zero-order valence-corrected chi connectivity index (χ0v) is 6.84. The van der Waals surface area contributed by atoms with E-state index in [-0.39, 0.29) is 0 Å². The van der Waals surface area contributed by atoms with E-state index in [1.165, 1.54) is 0 Å². The van der Waals surface area contributed by atoms with Gasteiger partial charge in [-0.15, -0.1) is 0 Å². The minimum Gasteiger partial charge on any atom is -0.240 e.